The van der Waals surface area contributed by atoms with Crippen molar-refractivity contribution in [1.82, 2.24) is 10.3 Å². The zero-order valence-electron chi connectivity index (χ0n) is 12.7. The van der Waals surface area contributed by atoms with Gasteiger partial charge in [0.15, 0.2) is 0 Å². The molecule has 114 valence electrons. The monoisotopic (exact) mass is 315 g/mol. The lowest BCUT2D eigenvalue weighted by Gasteiger charge is -2.07. The lowest BCUT2D eigenvalue weighted by molar-refractivity contribution is -0.122. The van der Waals surface area contributed by atoms with Crippen molar-refractivity contribution in [3.8, 4) is 0 Å². The summed E-state index contributed by atoms with van der Waals surface area (Å²) < 4.78 is 0. The summed E-state index contributed by atoms with van der Waals surface area (Å²) in [5, 5.41) is 4.65. The first-order valence-corrected chi connectivity index (χ1v) is 7.81. The number of nitrogens with zero attached hydrogens (tertiary/aromatic N) is 1. The van der Waals surface area contributed by atoms with Gasteiger partial charge in [0.2, 0.25) is 0 Å². The summed E-state index contributed by atoms with van der Waals surface area (Å²) in [6, 6.07) is 6.01. The van der Waals surface area contributed by atoms with Crippen molar-refractivity contribution >= 4 is 28.4 Å². The molecule has 0 atom stereocenters. The van der Waals surface area contributed by atoms with Gasteiger partial charge in [-0.25, -0.2) is 6.57 Å². The number of carbonyl (C=O) groups is 1. The van der Waals surface area contributed by atoms with Crippen LogP contribution in [0.3, 0.4) is 0 Å². The number of carbonyl (C=O) groups excluding carboxylic acids is 1. The van der Waals surface area contributed by atoms with Crippen molar-refractivity contribution < 1.29 is 4.79 Å². The van der Waals surface area contributed by atoms with Gasteiger partial charge in [-0.3, -0.25) is 9.64 Å². The summed E-state index contributed by atoms with van der Waals surface area (Å²) in [7, 11) is 0. The number of rotatable bonds is 4. The third-order valence-electron chi connectivity index (χ3n) is 4.22. The van der Waals surface area contributed by atoms with Gasteiger partial charge in [0, 0.05) is 34.5 Å². The van der Waals surface area contributed by atoms with Gasteiger partial charge in [0.25, 0.3) is 0 Å². The lowest BCUT2D eigenvalue weighted by atomic mass is 10.0. The van der Waals surface area contributed by atoms with Gasteiger partial charge in [0.05, 0.1) is 6.54 Å². The van der Waals surface area contributed by atoms with E-state index in [-0.39, 0.29) is 5.91 Å². The number of aromatic nitrogens is 1. The van der Waals surface area contributed by atoms with Gasteiger partial charge < -0.3 is 10.3 Å². The first kappa shape index (κ1) is 14.9. The second-order valence-corrected chi connectivity index (χ2v) is 6.64. The van der Waals surface area contributed by atoms with Crippen molar-refractivity contribution in [3.05, 3.63) is 45.9 Å². The fourth-order valence-corrected chi connectivity index (χ4v) is 3.01. The smallest absolute Gasteiger partial charge is 0.309 e. The summed E-state index contributed by atoms with van der Waals surface area (Å²) in [5.41, 5.74) is 2.25. The Kier molecular flexibility index (Phi) is 3.62. The number of hydrogen-bond donors (Lipinski definition) is 2. The van der Waals surface area contributed by atoms with Crippen LogP contribution in [0.5, 0.6) is 0 Å². The molecule has 0 unspecified atom stereocenters. The Morgan fingerprint density at radius 2 is 2.18 bits per heavy atom. The molecule has 1 aliphatic carbocycles. The molecule has 2 aromatic rings. The Bertz CT molecular complexity index is 781. The third kappa shape index (κ3) is 2.57. The Hall–Kier alpha value is -1.99. The molecule has 1 aromatic heterocycles. The molecule has 1 saturated carbocycles. The van der Waals surface area contributed by atoms with Crippen molar-refractivity contribution in [2.45, 2.75) is 44.7 Å². The molecule has 0 bridgehead atoms. The molecule has 0 aliphatic heterocycles. The lowest BCUT2D eigenvalue weighted by Crippen LogP contribution is -2.33. The van der Waals surface area contributed by atoms with Crippen LogP contribution in [0.2, 0.25) is 5.02 Å². The summed E-state index contributed by atoms with van der Waals surface area (Å²) in [6.07, 6.45) is 1.34. The fourth-order valence-electron chi connectivity index (χ4n) is 2.62. The van der Waals surface area contributed by atoms with E-state index in [0.29, 0.717) is 25.3 Å². The second kappa shape index (κ2) is 5.33. The average molecular weight is 316 g/mol. The number of amides is 1. The maximum atomic E-state index is 12.0. The number of benzene rings is 1. The van der Waals surface area contributed by atoms with E-state index in [0.717, 1.165) is 27.2 Å². The van der Waals surface area contributed by atoms with E-state index >= 15 is 0 Å². The molecular weight excluding hydrogens is 298 g/mol. The van der Waals surface area contributed by atoms with Crippen LogP contribution in [0.1, 0.15) is 43.9 Å². The minimum atomic E-state index is -0.792. The minimum absolute atomic E-state index is 0.165. The normalized spacial score (nSPS) is 15.8. The molecule has 1 aliphatic rings. The van der Waals surface area contributed by atoms with Crippen LogP contribution in [0, 0.1) is 6.57 Å². The van der Waals surface area contributed by atoms with Gasteiger partial charge in [-0.05, 0) is 29.7 Å². The Balaban J connectivity index is 1.78. The molecule has 0 radical (unpaired) electrons. The molecule has 5 heteroatoms. The highest BCUT2D eigenvalue weighted by atomic mass is 35.5. The SMILES string of the molecule is [C-]#[N+]C1(C(=O)NCc2cc3cc(Cl)c(C(C)C)cc3[nH]2)CC1. The van der Waals surface area contributed by atoms with Gasteiger partial charge in [-0.1, -0.05) is 25.4 Å². The molecule has 22 heavy (non-hydrogen) atoms. The molecular formula is C17H18ClN3O. The van der Waals surface area contributed by atoms with E-state index in [9.17, 15) is 4.79 Å². The Morgan fingerprint density at radius 3 is 2.77 bits per heavy atom. The number of fused-ring (bicyclic) bond motifs is 1. The van der Waals surface area contributed by atoms with Crippen molar-refractivity contribution in [1.29, 1.82) is 0 Å². The van der Waals surface area contributed by atoms with E-state index in [2.05, 4.69) is 35.1 Å². The molecule has 3 rings (SSSR count). The summed E-state index contributed by atoms with van der Waals surface area (Å²) >= 11 is 6.31. The van der Waals surface area contributed by atoms with Crippen LogP contribution in [0.15, 0.2) is 18.2 Å². The minimum Gasteiger partial charge on any atom is -0.357 e. The van der Waals surface area contributed by atoms with Crippen LogP contribution < -0.4 is 5.32 Å². The number of nitrogens with one attached hydrogen (secondary N) is 2. The van der Waals surface area contributed by atoms with E-state index in [1.54, 1.807) is 0 Å². The Morgan fingerprint density at radius 1 is 1.45 bits per heavy atom. The second-order valence-electron chi connectivity index (χ2n) is 6.24. The van der Waals surface area contributed by atoms with Crippen molar-refractivity contribution in [2.24, 2.45) is 0 Å². The molecule has 1 heterocycles. The molecule has 0 saturated heterocycles. The summed E-state index contributed by atoms with van der Waals surface area (Å²) in [5.74, 6) is 0.193. The van der Waals surface area contributed by atoms with Crippen molar-refractivity contribution in [2.75, 3.05) is 0 Å². The molecule has 2 N–H and O–H groups in total. The first-order chi connectivity index (χ1) is 10.4. The number of hydrogen-bond acceptors (Lipinski definition) is 1. The van der Waals surface area contributed by atoms with Crippen LogP contribution in [0.25, 0.3) is 15.7 Å². The van der Waals surface area contributed by atoms with Gasteiger partial charge in [0.1, 0.15) is 0 Å². The van der Waals surface area contributed by atoms with E-state index in [4.69, 9.17) is 18.2 Å². The van der Waals surface area contributed by atoms with E-state index in [1.807, 2.05) is 12.1 Å². The molecule has 1 aromatic carbocycles. The van der Waals surface area contributed by atoms with Gasteiger partial charge in [-0.2, -0.15) is 0 Å². The fraction of sp³-hybridized carbons (Fsp3) is 0.412. The molecule has 1 amide bonds. The van der Waals surface area contributed by atoms with Crippen molar-refractivity contribution in [3.63, 3.8) is 0 Å². The largest absolute Gasteiger partial charge is 0.357 e. The third-order valence-corrected chi connectivity index (χ3v) is 4.54. The van der Waals surface area contributed by atoms with Crippen LogP contribution in [-0.2, 0) is 11.3 Å². The molecule has 1 fully saturated rings. The van der Waals surface area contributed by atoms with Crippen LogP contribution in [-0.4, -0.2) is 16.4 Å². The van der Waals surface area contributed by atoms with Crippen LogP contribution in [0.4, 0.5) is 0 Å². The molecule has 0 spiro atoms. The average Bonchev–Trinajstić information content (AvgIpc) is 3.18. The standard InChI is InChI=1S/C17H18ClN3O/c1-10(2)13-8-15-11(7-14(13)18)6-12(21-15)9-20-16(22)17(19-3)4-5-17/h6-8,10,21H,4-5,9H2,1-2H3,(H,20,22). The van der Waals surface area contributed by atoms with E-state index in [1.165, 1.54) is 0 Å². The Labute approximate surface area is 134 Å². The van der Waals surface area contributed by atoms with E-state index < -0.39 is 5.54 Å². The number of halogens is 1. The zero-order valence-corrected chi connectivity index (χ0v) is 13.4. The van der Waals surface area contributed by atoms with Gasteiger partial charge in [-0.15, -0.1) is 0 Å². The predicted molar refractivity (Wildman–Crippen MR) is 87.8 cm³/mol. The van der Waals surface area contributed by atoms with Crippen LogP contribution >= 0.6 is 11.6 Å². The topological polar surface area (TPSA) is 49.2 Å². The zero-order chi connectivity index (χ0) is 15.9. The quantitative estimate of drug-likeness (QED) is 0.823. The summed E-state index contributed by atoms with van der Waals surface area (Å²) in [6.45, 7) is 11.7. The number of H-pyrrole nitrogens is 1. The number of aromatic amines is 1. The first-order valence-electron chi connectivity index (χ1n) is 7.43. The van der Waals surface area contributed by atoms with Gasteiger partial charge >= 0.3 is 11.4 Å². The highest BCUT2D eigenvalue weighted by Gasteiger charge is 2.58. The highest BCUT2D eigenvalue weighted by Crippen LogP contribution is 2.40. The maximum absolute atomic E-state index is 12.0. The highest BCUT2D eigenvalue weighted by molar-refractivity contribution is 6.32. The summed E-state index contributed by atoms with van der Waals surface area (Å²) in [4.78, 5) is 18.7. The maximum Gasteiger partial charge on any atom is 0.309 e. The predicted octanol–water partition coefficient (Wildman–Crippen LogP) is 4.01. The molecule has 4 nitrogen and oxygen atoms in total.